The molecule has 1 aliphatic rings. The molecule has 1 aliphatic carbocycles. The first-order valence-corrected chi connectivity index (χ1v) is 7.70. The molecule has 2 heteroatoms. The van der Waals surface area contributed by atoms with E-state index in [0.717, 1.165) is 16.8 Å². The van der Waals surface area contributed by atoms with Crippen molar-refractivity contribution in [1.82, 2.24) is 0 Å². The molecule has 2 nitrogen and oxygen atoms in total. The van der Waals surface area contributed by atoms with Crippen LogP contribution in [0.15, 0.2) is 48.5 Å². The minimum absolute atomic E-state index is 0.0430. The second-order valence-corrected chi connectivity index (χ2v) is 5.93. The molecule has 0 radical (unpaired) electrons. The van der Waals surface area contributed by atoms with E-state index in [4.69, 9.17) is 0 Å². The first kappa shape index (κ1) is 13.9. The maximum absolute atomic E-state index is 12.2. The van der Waals surface area contributed by atoms with Crippen molar-refractivity contribution in [2.75, 3.05) is 5.32 Å². The number of hydrogen-bond donors (Lipinski definition) is 1. The Morgan fingerprint density at radius 2 is 1.76 bits per heavy atom. The average molecular weight is 279 g/mol. The lowest BCUT2D eigenvalue weighted by Gasteiger charge is -2.10. The van der Waals surface area contributed by atoms with E-state index in [2.05, 4.69) is 17.4 Å². The summed E-state index contributed by atoms with van der Waals surface area (Å²) < 4.78 is 0. The third kappa shape index (κ3) is 3.33. The number of hydrogen-bond acceptors (Lipinski definition) is 1. The summed E-state index contributed by atoms with van der Waals surface area (Å²) in [5, 5.41) is 2.95. The molecule has 0 spiro atoms. The molecule has 3 rings (SSSR count). The Bertz CT molecular complexity index is 624. The Morgan fingerprint density at radius 3 is 2.43 bits per heavy atom. The van der Waals surface area contributed by atoms with Crippen LogP contribution >= 0.6 is 0 Å². The van der Waals surface area contributed by atoms with Crippen LogP contribution in [0.4, 0.5) is 5.69 Å². The normalized spacial score (nSPS) is 15.1. The molecule has 0 unspecified atom stereocenters. The fourth-order valence-electron chi connectivity index (χ4n) is 3.09. The minimum atomic E-state index is -0.0430. The number of anilines is 1. The van der Waals surface area contributed by atoms with E-state index < -0.39 is 0 Å². The summed E-state index contributed by atoms with van der Waals surface area (Å²) in [6.07, 6.45) is 5.24. The molecule has 0 aromatic heterocycles. The average Bonchev–Trinajstić information content (AvgIpc) is 3.01. The lowest BCUT2D eigenvalue weighted by molar-refractivity contribution is 0.102. The van der Waals surface area contributed by atoms with E-state index in [1.165, 1.54) is 31.2 Å². The van der Waals surface area contributed by atoms with Gasteiger partial charge in [-0.15, -0.1) is 0 Å². The summed E-state index contributed by atoms with van der Waals surface area (Å²) in [5.74, 6) is 0.650. The van der Waals surface area contributed by atoms with Crippen molar-refractivity contribution >= 4 is 11.6 Å². The number of nitrogens with one attached hydrogen (secondary N) is 1. The number of rotatable bonds is 3. The maximum atomic E-state index is 12.2. The monoisotopic (exact) mass is 279 g/mol. The molecule has 1 N–H and O–H groups in total. The first-order valence-electron chi connectivity index (χ1n) is 7.70. The van der Waals surface area contributed by atoms with Crippen molar-refractivity contribution in [2.24, 2.45) is 0 Å². The van der Waals surface area contributed by atoms with Gasteiger partial charge in [0.15, 0.2) is 0 Å². The Kier molecular flexibility index (Phi) is 4.05. The summed E-state index contributed by atoms with van der Waals surface area (Å²) in [6, 6.07) is 16.0. The molecule has 1 amide bonds. The zero-order valence-electron chi connectivity index (χ0n) is 12.4. The summed E-state index contributed by atoms with van der Waals surface area (Å²) >= 11 is 0. The summed E-state index contributed by atoms with van der Waals surface area (Å²) in [7, 11) is 0. The zero-order valence-corrected chi connectivity index (χ0v) is 12.4. The third-order valence-corrected chi connectivity index (χ3v) is 4.28. The van der Waals surface area contributed by atoms with Crippen molar-refractivity contribution in [3.05, 3.63) is 65.2 Å². The lowest BCUT2D eigenvalue weighted by Crippen LogP contribution is -2.12. The number of amides is 1. The molecule has 108 valence electrons. The lowest BCUT2D eigenvalue weighted by atomic mass is 9.96. The molecular weight excluding hydrogens is 258 g/mol. The second-order valence-electron chi connectivity index (χ2n) is 5.93. The molecular formula is C19H21NO. The third-order valence-electron chi connectivity index (χ3n) is 4.28. The fourth-order valence-corrected chi connectivity index (χ4v) is 3.09. The molecule has 2 aromatic carbocycles. The smallest absolute Gasteiger partial charge is 0.255 e. The summed E-state index contributed by atoms with van der Waals surface area (Å²) in [4.78, 5) is 12.2. The molecule has 0 saturated heterocycles. The SMILES string of the molecule is Cc1cccc(NC(=O)c2ccc(C3CCCC3)cc2)c1. The van der Waals surface area contributed by atoms with E-state index in [-0.39, 0.29) is 5.91 Å². The number of carbonyl (C=O) groups is 1. The topological polar surface area (TPSA) is 29.1 Å². The van der Waals surface area contributed by atoms with E-state index in [9.17, 15) is 4.79 Å². The van der Waals surface area contributed by atoms with Crippen LogP contribution in [-0.2, 0) is 0 Å². The first-order chi connectivity index (χ1) is 10.2. The second kappa shape index (κ2) is 6.13. The van der Waals surface area contributed by atoms with Gasteiger partial charge in [-0.25, -0.2) is 0 Å². The highest BCUT2D eigenvalue weighted by molar-refractivity contribution is 6.04. The summed E-state index contributed by atoms with van der Waals surface area (Å²) in [5.41, 5.74) is 4.09. The Balaban J connectivity index is 1.70. The highest BCUT2D eigenvalue weighted by Crippen LogP contribution is 2.33. The van der Waals surface area contributed by atoms with Crippen LogP contribution in [-0.4, -0.2) is 5.91 Å². The fraction of sp³-hybridized carbons (Fsp3) is 0.316. The van der Waals surface area contributed by atoms with Crippen LogP contribution in [0.1, 0.15) is 53.1 Å². The Labute approximate surface area is 126 Å². The molecule has 1 saturated carbocycles. The van der Waals surface area contributed by atoms with Crippen LogP contribution in [0.3, 0.4) is 0 Å². The number of benzene rings is 2. The molecule has 0 bridgehead atoms. The van der Waals surface area contributed by atoms with Gasteiger partial charge in [0.2, 0.25) is 0 Å². The van der Waals surface area contributed by atoms with E-state index in [1.807, 2.05) is 43.3 Å². The molecule has 0 atom stereocenters. The van der Waals surface area contributed by atoms with Gasteiger partial charge in [-0.1, -0.05) is 37.1 Å². The number of carbonyl (C=O) groups excluding carboxylic acids is 1. The standard InChI is InChI=1S/C19H21NO/c1-14-5-4-8-18(13-14)20-19(21)17-11-9-16(10-12-17)15-6-2-3-7-15/h4-5,8-13,15H,2-3,6-7H2,1H3,(H,20,21). The van der Waals surface area contributed by atoms with Gasteiger partial charge in [0.25, 0.3) is 5.91 Å². The van der Waals surface area contributed by atoms with Gasteiger partial charge in [0.1, 0.15) is 0 Å². The molecule has 0 heterocycles. The molecule has 21 heavy (non-hydrogen) atoms. The van der Waals surface area contributed by atoms with Crippen LogP contribution in [0.2, 0.25) is 0 Å². The van der Waals surface area contributed by atoms with E-state index in [0.29, 0.717) is 5.92 Å². The molecule has 0 aliphatic heterocycles. The highest BCUT2D eigenvalue weighted by atomic mass is 16.1. The molecule has 1 fully saturated rings. The van der Waals surface area contributed by atoms with Crippen LogP contribution in [0, 0.1) is 6.92 Å². The van der Waals surface area contributed by atoms with Crippen LogP contribution in [0.5, 0.6) is 0 Å². The van der Waals surface area contributed by atoms with Crippen molar-refractivity contribution < 1.29 is 4.79 Å². The van der Waals surface area contributed by atoms with E-state index >= 15 is 0 Å². The maximum Gasteiger partial charge on any atom is 0.255 e. The van der Waals surface area contributed by atoms with Gasteiger partial charge in [-0.05, 0) is 61.1 Å². The predicted molar refractivity (Wildman–Crippen MR) is 86.8 cm³/mol. The Morgan fingerprint density at radius 1 is 1.05 bits per heavy atom. The van der Waals surface area contributed by atoms with E-state index in [1.54, 1.807) is 0 Å². The van der Waals surface area contributed by atoms with Gasteiger partial charge >= 0.3 is 0 Å². The van der Waals surface area contributed by atoms with Crippen molar-refractivity contribution in [3.63, 3.8) is 0 Å². The Hall–Kier alpha value is -2.09. The largest absolute Gasteiger partial charge is 0.322 e. The van der Waals surface area contributed by atoms with Crippen molar-refractivity contribution in [2.45, 2.75) is 38.5 Å². The summed E-state index contributed by atoms with van der Waals surface area (Å²) in [6.45, 7) is 2.02. The van der Waals surface area contributed by atoms with Crippen LogP contribution in [0.25, 0.3) is 0 Å². The predicted octanol–water partition coefficient (Wildman–Crippen LogP) is 4.90. The van der Waals surface area contributed by atoms with Gasteiger partial charge in [0.05, 0.1) is 0 Å². The number of aryl methyl sites for hydroxylation is 1. The quantitative estimate of drug-likeness (QED) is 0.850. The van der Waals surface area contributed by atoms with Gasteiger partial charge in [-0.2, -0.15) is 0 Å². The zero-order chi connectivity index (χ0) is 14.7. The van der Waals surface area contributed by atoms with Crippen LogP contribution < -0.4 is 5.32 Å². The molecule has 2 aromatic rings. The van der Waals surface area contributed by atoms with Crippen molar-refractivity contribution in [3.8, 4) is 0 Å². The minimum Gasteiger partial charge on any atom is -0.322 e. The van der Waals surface area contributed by atoms with Gasteiger partial charge in [0, 0.05) is 11.3 Å². The van der Waals surface area contributed by atoms with Gasteiger partial charge in [-0.3, -0.25) is 4.79 Å². The van der Waals surface area contributed by atoms with Crippen molar-refractivity contribution in [1.29, 1.82) is 0 Å². The highest BCUT2D eigenvalue weighted by Gasteiger charge is 2.17. The van der Waals surface area contributed by atoms with Gasteiger partial charge < -0.3 is 5.32 Å².